The van der Waals surface area contributed by atoms with Crippen molar-refractivity contribution in [2.75, 3.05) is 0 Å². The summed E-state index contributed by atoms with van der Waals surface area (Å²) < 4.78 is 0. The SMILES string of the molecule is O=C(O)/C=C/c1nc2c(O)cccc2c(=O)[nH]1. The fraction of sp³-hybridized carbons (Fsp3) is 0. The molecule has 0 atom stereocenters. The van der Waals surface area contributed by atoms with Crippen molar-refractivity contribution in [1.29, 1.82) is 0 Å². The quantitative estimate of drug-likeness (QED) is 0.662. The summed E-state index contributed by atoms with van der Waals surface area (Å²) in [5.74, 6) is -1.20. The molecule has 0 bridgehead atoms. The molecule has 2 aromatic rings. The lowest BCUT2D eigenvalue weighted by atomic mass is 10.2. The molecule has 0 aliphatic rings. The van der Waals surface area contributed by atoms with Gasteiger partial charge in [0.1, 0.15) is 17.1 Å². The smallest absolute Gasteiger partial charge is 0.328 e. The van der Waals surface area contributed by atoms with E-state index in [9.17, 15) is 14.7 Å². The molecule has 0 unspecified atom stereocenters. The van der Waals surface area contributed by atoms with E-state index in [-0.39, 0.29) is 22.5 Å². The van der Waals surface area contributed by atoms with Crippen molar-refractivity contribution in [3.05, 3.63) is 40.5 Å². The van der Waals surface area contributed by atoms with Gasteiger partial charge in [0.15, 0.2) is 0 Å². The van der Waals surface area contributed by atoms with Crippen LogP contribution in [0.1, 0.15) is 5.82 Å². The summed E-state index contributed by atoms with van der Waals surface area (Å²) in [6.07, 6.45) is 2.00. The number of aliphatic carboxylic acids is 1. The Morgan fingerprint density at radius 2 is 2.18 bits per heavy atom. The number of phenolic OH excluding ortho intramolecular Hbond substituents is 1. The third kappa shape index (κ3) is 2.15. The average molecular weight is 232 g/mol. The average Bonchev–Trinajstić information content (AvgIpc) is 2.28. The van der Waals surface area contributed by atoms with Gasteiger partial charge in [-0.15, -0.1) is 0 Å². The zero-order valence-corrected chi connectivity index (χ0v) is 8.54. The second-order valence-electron chi connectivity index (χ2n) is 3.30. The predicted molar refractivity (Wildman–Crippen MR) is 60.7 cm³/mol. The third-order valence-electron chi connectivity index (χ3n) is 2.12. The van der Waals surface area contributed by atoms with Gasteiger partial charge in [-0.05, 0) is 18.2 Å². The topological polar surface area (TPSA) is 103 Å². The maximum absolute atomic E-state index is 11.6. The number of aromatic hydroxyl groups is 1. The molecule has 1 aromatic carbocycles. The largest absolute Gasteiger partial charge is 0.506 e. The number of aromatic nitrogens is 2. The molecule has 0 radical (unpaired) electrons. The van der Waals surface area contributed by atoms with Crippen molar-refractivity contribution in [2.24, 2.45) is 0 Å². The van der Waals surface area contributed by atoms with Gasteiger partial charge in [0.05, 0.1) is 5.39 Å². The Labute approximate surface area is 94.9 Å². The molecule has 0 aliphatic heterocycles. The van der Waals surface area contributed by atoms with Gasteiger partial charge in [0, 0.05) is 6.08 Å². The minimum Gasteiger partial charge on any atom is -0.506 e. The highest BCUT2D eigenvalue weighted by atomic mass is 16.4. The molecule has 1 heterocycles. The second kappa shape index (κ2) is 4.09. The Hall–Kier alpha value is -2.63. The number of H-pyrrole nitrogens is 1. The molecular weight excluding hydrogens is 224 g/mol. The van der Waals surface area contributed by atoms with Crippen LogP contribution in [-0.2, 0) is 4.79 Å². The van der Waals surface area contributed by atoms with Gasteiger partial charge in [-0.25, -0.2) is 9.78 Å². The molecule has 6 heteroatoms. The molecule has 1 aromatic heterocycles. The number of carboxylic acid groups (broad SMARTS) is 1. The fourth-order valence-corrected chi connectivity index (χ4v) is 1.39. The van der Waals surface area contributed by atoms with Gasteiger partial charge >= 0.3 is 5.97 Å². The summed E-state index contributed by atoms with van der Waals surface area (Å²) >= 11 is 0. The van der Waals surface area contributed by atoms with Crippen molar-refractivity contribution in [2.45, 2.75) is 0 Å². The van der Waals surface area contributed by atoms with Crippen molar-refractivity contribution < 1.29 is 15.0 Å². The van der Waals surface area contributed by atoms with Gasteiger partial charge < -0.3 is 15.2 Å². The third-order valence-corrected chi connectivity index (χ3v) is 2.12. The van der Waals surface area contributed by atoms with Crippen LogP contribution in [0.25, 0.3) is 17.0 Å². The summed E-state index contributed by atoms with van der Waals surface area (Å²) in [6.45, 7) is 0. The maximum Gasteiger partial charge on any atom is 0.328 e. The van der Waals surface area contributed by atoms with E-state index in [0.29, 0.717) is 0 Å². The zero-order valence-electron chi connectivity index (χ0n) is 8.54. The summed E-state index contributed by atoms with van der Waals surface area (Å²) in [4.78, 5) is 28.3. The summed E-state index contributed by atoms with van der Waals surface area (Å²) in [5, 5.41) is 18.2. The number of phenols is 1. The Morgan fingerprint density at radius 3 is 2.88 bits per heavy atom. The second-order valence-corrected chi connectivity index (χ2v) is 3.30. The van der Waals surface area contributed by atoms with Crippen molar-refractivity contribution >= 4 is 22.9 Å². The molecule has 0 spiro atoms. The Bertz CT molecular complexity index is 673. The van der Waals surface area contributed by atoms with Crippen LogP contribution >= 0.6 is 0 Å². The number of nitrogens with zero attached hydrogens (tertiary/aromatic N) is 1. The van der Waals surface area contributed by atoms with Crippen LogP contribution in [0.15, 0.2) is 29.1 Å². The molecule has 0 saturated heterocycles. The lowest BCUT2D eigenvalue weighted by Crippen LogP contribution is -2.09. The van der Waals surface area contributed by atoms with Crippen LogP contribution in [-0.4, -0.2) is 26.2 Å². The molecule has 6 nitrogen and oxygen atoms in total. The lowest BCUT2D eigenvalue weighted by Gasteiger charge is -2.00. The standard InChI is InChI=1S/C11H8N2O4/c14-7-3-1-2-6-10(7)12-8(13-11(6)17)4-5-9(15)16/h1-5,14H,(H,15,16)(H,12,13,17)/b5-4+. The van der Waals surface area contributed by atoms with Gasteiger partial charge in [-0.1, -0.05) is 6.07 Å². The number of carboxylic acids is 1. The van der Waals surface area contributed by atoms with Gasteiger partial charge in [0.2, 0.25) is 0 Å². The number of fused-ring (bicyclic) bond motifs is 1. The van der Waals surface area contributed by atoms with Crippen LogP contribution in [0.4, 0.5) is 0 Å². The number of carbonyl (C=O) groups is 1. The fourth-order valence-electron chi connectivity index (χ4n) is 1.39. The predicted octanol–water partition coefficient (Wildman–Crippen LogP) is 0.726. The number of para-hydroxylation sites is 1. The first kappa shape index (κ1) is 10.9. The van der Waals surface area contributed by atoms with Crippen molar-refractivity contribution in [3.63, 3.8) is 0 Å². The van der Waals surface area contributed by atoms with Crippen LogP contribution in [0.2, 0.25) is 0 Å². The first-order valence-corrected chi connectivity index (χ1v) is 4.71. The van der Waals surface area contributed by atoms with Crippen LogP contribution in [0.3, 0.4) is 0 Å². The van der Waals surface area contributed by atoms with E-state index in [0.717, 1.165) is 12.2 Å². The highest BCUT2D eigenvalue weighted by Crippen LogP contribution is 2.19. The van der Waals surface area contributed by atoms with Crippen LogP contribution in [0, 0.1) is 0 Å². The molecule has 86 valence electrons. The lowest BCUT2D eigenvalue weighted by molar-refractivity contribution is -0.131. The van der Waals surface area contributed by atoms with Crippen LogP contribution in [0.5, 0.6) is 5.75 Å². The monoisotopic (exact) mass is 232 g/mol. The minimum atomic E-state index is -1.15. The van der Waals surface area contributed by atoms with Gasteiger partial charge in [-0.2, -0.15) is 0 Å². The van der Waals surface area contributed by atoms with Gasteiger partial charge in [-0.3, -0.25) is 4.79 Å². The Kier molecular flexibility index (Phi) is 2.61. The van der Waals surface area contributed by atoms with E-state index in [1.165, 1.54) is 18.2 Å². The van der Waals surface area contributed by atoms with Crippen molar-refractivity contribution in [3.8, 4) is 5.75 Å². The summed E-state index contributed by atoms with van der Waals surface area (Å²) in [7, 11) is 0. The molecule has 17 heavy (non-hydrogen) atoms. The van der Waals surface area contributed by atoms with Gasteiger partial charge in [0.25, 0.3) is 5.56 Å². The van der Waals surface area contributed by atoms with E-state index in [1.807, 2.05) is 0 Å². The van der Waals surface area contributed by atoms with E-state index < -0.39 is 11.5 Å². The zero-order chi connectivity index (χ0) is 12.4. The molecule has 0 amide bonds. The van der Waals surface area contributed by atoms with E-state index in [2.05, 4.69) is 9.97 Å². The number of benzene rings is 1. The first-order valence-electron chi connectivity index (χ1n) is 4.71. The number of hydrogen-bond donors (Lipinski definition) is 3. The molecular formula is C11H8N2O4. The Balaban J connectivity index is 2.66. The number of nitrogens with one attached hydrogen (secondary N) is 1. The van der Waals surface area contributed by atoms with E-state index in [4.69, 9.17) is 5.11 Å². The molecule has 0 fully saturated rings. The summed E-state index contributed by atoms with van der Waals surface area (Å²) in [6, 6.07) is 4.45. The molecule has 2 rings (SSSR count). The van der Waals surface area contributed by atoms with Crippen molar-refractivity contribution in [1.82, 2.24) is 9.97 Å². The van der Waals surface area contributed by atoms with E-state index in [1.54, 1.807) is 0 Å². The number of hydrogen-bond acceptors (Lipinski definition) is 4. The highest BCUT2D eigenvalue weighted by Gasteiger charge is 2.05. The Morgan fingerprint density at radius 1 is 1.41 bits per heavy atom. The number of rotatable bonds is 2. The van der Waals surface area contributed by atoms with E-state index >= 15 is 0 Å². The molecule has 0 saturated carbocycles. The minimum absolute atomic E-state index is 0.0754. The highest BCUT2D eigenvalue weighted by molar-refractivity contribution is 5.86. The number of aromatic amines is 1. The molecule has 0 aliphatic carbocycles. The normalized spacial score (nSPS) is 11.1. The summed E-state index contributed by atoms with van der Waals surface area (Å²) in [5.41, 5.74) is -0.294. The maximum atomic E-state index is 11.6. The first-order chi connectivity index (χ1) is 8.08. The molecule has 3 N–H and O–H groups in total. The van der Waals surface area contributed by atoms with Crippen LogP contribution < -0.4 is 5.56 Å².